The first-order chi connectivity index (χ1) is 15.0. The summed E-state index contributed by atoms with van der Waals surface area (Å²) >= 11 is 3.45. The molecule has 0 aliphatic rings. The van der Waals surface area contributed by atoms with E-state index in [0.717, 1.165) is 18.4 Å². The number of fused-ring (bicyclic) bond motifs is 1. The molecule has 0 spiro atoms. The summed E-state index contributed by atoms with van der Waals surface area (Å²) in [4.78, 5) is 20.5. The number of nitrogens with one attached hydrogen (secondary N) is 2. The van der Waals surface area contributed by atoms with E-state index in [-0.39, 0.29) is 5.95 Å². The Morgan fingerprint density at radius 3 is 2.81 bits per heavy atom. The third-order valence-corrected chi connectivity index (χ3v) is 5.03. The van der Waals surface area contributed by atoms with Gasteiger partial charge >= 0.3 is 6.09 Å². The number of halogens is 1. The third kappa shape index (κ3) is 5.03. The van der Waals surface area contributed by atoms with Crippen molar-refractivity contribution in [3.63, 3.8) is 0 Å². The Balaban J connectivity index is 2.10. The Hall–Kier alpha value is -3.39. The van der Waals surface area contributed by atoms with Crippen LogP contribution < -0.4 is 15.4 Å². The summed E-state index contributed by atoms with van der Waals surface area (Å²) in [6, 6.07) is 7.36. The molecule has 0 saturated heterocycles. The number of aromatic nitrogens is 4. The van der Waals surface area contributed by atoms with Crippen molar-refractivity contribution in [1.82, 2.24) is 19.7 Å². The van der Waals surface area contributed by atoms with Gasteiger partial charge in [-0.1, -0.05) is 13.3 Å². The maximum atomic E-state index is 11.6. The second-order valence-electron chi connectivity index (χ2n) is 6.58. The minimum Gasteiger partial charge on any atom is -0.496 e. The Morgan fingerprint density at radius 1 is 1.32 bits per heavy atom. The highest BCUT2D eigenvalue weighted by atomic mass is 79.9. The van der Waals surface area contributed by atoms with E-state index < -0.39 is 6.09 Å². The lowest BCUT2D eigenvalue weighted by atomic mass is 10.1. The normalized spacial score (nSPS) is 10.5. The van der Waals surface area contributed by atoms with Crippen molar-refractivity contribution >= 4 is 44.8 Å². The highest BCUT2D eigenvalue weighted by Gasteiger charge is 2.20. The molecule has 11 heteroatoms. The average Bonchev–Trinajstić information content (AvgIpc) is 3.08. The van der Waals surface area contributed by atoms with E-state index in [0.29, 0.717) is 45.9 Å². The molecule has 0 saturated carbocycles. The van der Waals surface area contributed by atoms with Crippen molar-refractivity contribution < 1.29 is 14.3 Å². The number of rotatable bonds is 8. The largest absolute Gasteiger partial charge is 0.496 e. The van der Waals surface area contributed by atoms with E-state index in [1.165, 1.54) is 7.11 Å². The molecular formula is C20H22BrN7O3. The lowest BCUT2D eigenvalue weighted by Crippen LogP contribution is -2.15. The summed E-state index contributed by atoms with van der Waals surface area (Å²) in [7, 11) is 2.85. The van der Waals surface area contributed by atoms with Crippen LogP contribution in [0, 0.1) is 11.3 Å². The van der Waals surface area contributed by atoms with Gasteiger partial charge in [-0.2, -0.15) is 15.3 Å². The number of amides is 1. The lowest BCUT2D eigenvalue weighted by molar-refractivity contribution is 0.186. The van der Waals surface area contributed by atoms with Crippen LogP contribution in [0.2, 0.25) is 0 Å². The van der Waals surface area contributed by atoms with Crippen molar-refractivity contribution in [3.8, 4) is 11.8 Å². The zero-order chi connectivity index (χ0) is 22.4. The number of benzene rings is 1. The van der Waals surface area contributed by atoms with Crippen LogP contribution in [0.3, 0.4) is 0 Å². The van der Waals surface area contributed by atoms with E-state index in [2.05, 4.69) is 59.4 Å². The summed E-state index contributed by atoms with van der Waals surface area (Å²) < 4.78 is 12.3. The van der Waals surface area contributed by atoms with Gasteiger partial charge in [-0.05, 0) is 40.5 Å². The Labute approximate surface area is 187 Å². The number of anilines is 2. The third-order valence-electron chi connectivity index (χ3n) is 4.50. The van der Waals surface area contributed by atoms with E-state index >= 15 is 0 Å². The molecule has 3 rings (SSSR count). The number of nitriles is 1. The Kier molecular flexibility index (Phi) is 7.25. The summed E-state index contributed by atoms with van der Waals surface area (Å²) in [5, 5.41) is 19.6. The average molecular weight is 488 g/mol. The molecule has 0 radical (unpaired) electrons. The van der Waals surface area contributed by atoms with Gasteiger partial charge in [0.2, 0.25) is 5.95 Å². The van der Waals surface area contributed by atoms with Gasteiger partial charge in [-0.25, -0.2) is 9.78 Å². The predicted molar refractivity (Wildman–Crippen MR) is 119 cm³/mol. The predicted octanol–water partition coefficient (Wildman–Crippen LogP) is 3.91. The number of hydrogen-bond donors (Lipinski definition) is 2. The second kappa shape index (κ2) is 10.1. The van der Waals surface area contributed by atoms with Crippen LogP contribution in [-0.2, 0) is 11.3 Å². The molecule has 10 nitrogen and oxygen atoms in total. The first-order valence-electron chi connectivity index (χ1n) is 9.60. The molecule has 0 aliphatic heterocycles. The molecule has 2 aromatic heterocycles. The Morgan fingerprint density at radius 2 is 2.13 bits per heavy atom. The number of carbonyl (C=O) groups excluding carboxylic acids is 1. The minimum atomic E-state index is -0.666. The van der Waals surface area contributed by atoms with Gasteiger partial charge < -0.3 is 14.8 Å². The van der Waals surface area contributed by atoms with Crippen molar-refractivity contribution in [3.05, 3.63) is 33.9 Å². The van der Waals surface area contributed by atoms with Crippen molar-refractivity contribution in [2.75, 3.05) is 31.4 Å². The monoisotopic (exact) mass is 487 g/mol. The van der Waals surface area contributed by atoms with E-state index in [9.17, 15) is 10.1 Å². The fraction of sp³-hybridized carbons (Fsp3) is 0.350. The number of carbonyl (C=O) groups is 1. The molecule has 0 fully saturated rings. The number of ether oxygens (including phenoxy) is 2. The van der Waals surface area contributed by atoms with Crippen LogP contribution in [-0.4, -0.2) is 46.6 Å². The van der Waals surface area contributed by atoms with Gasteiger partial charge in [0.15, 0.2) is 10.4 Å². The molecule has 0 atom stereocenters. The molecule has 2 heterocycles. The molecule has 162 valence electrons. The number of hydrogen-bond acceptors (Lipinski definition) is 8. The first kappa shape index (κ1) is 22.3. The van der Waals surface area contributed by atoms with Crippen LogP contribution in [0.4, 0.5) is 16.6 Å². The maximum Gasteiger partial charge on any atom is 0.413 e. The molecule has 0 bridgehead atoms. The van der Waals surface area contributed by atoms with Crippen LogP contribution in [0.1, 0.15) is 30.9 Å². The molecule has 1 amide bonds. The minimum absolute atomic E-state index is 0.0997. The van der Waals surface area contributed by atoms with E-state index in [1.54, 1.807) is 30.0 Å². The second-order valence-corrected chi connectivity index (χ2v) is 7.33. The fourth-order valence-corrected chi connectivity index (χ4v) is 3.47. The van der Waals surface area contributed by atoms with Crippen LogP contribution >= 0.6 is 15.9 Å². The number of unbranched alkanes of at least 4 members (excludes halogenated alkanes) is 1. The van der Waals surface area contributed by atoms with Crippen molar-refractivity contribution in [1.29, 1.82) is 5.26 Å². The summed E-state index contributed by atoms with van der Waals surface area (Å²) in [6.45, 7) is 3.11. The zero-order valence-corrected chi connectivity index (χ0v) is 19.0. The van der Waals surface area contributed by atoms with E-state index in [1.807, 2.05) is 0 Å². The molecule has 31 heavy (non-hydrogen) atoms. The van der Waals surface area contributed by atoms with Crippen molar-refractivity contribution in [2.24, 2.45) is 0 Å². The van der Waals surface area contributed by atoms with Gasteiger partial charge in [0.25, 0.3) is 0 Å². The summed E-state index contributed by atoms with van der Waals surface area (Å²) in [5.74, 6) is 1.27. The molecule has 0 unspecified atom stereocenters. The highest BCUT2D eigenvalue weighted by Crippen LogP contribution is 2.30. The topological polar surface area (TPSA) is 127 Å². The van der Waals surface area contributed by atoms with Crippen molar-refractivity contribution in [2.45, 2.75) is 26.3 Å². The highest BCUT2D eigenvalue weighted by molar-refractivity contribution is 9.10. The SMILES string of the molecule is CCCCNc1nc(NC(=O)OC)nc2c(Br)nn(Cc3cc(C#N)ccc3OC)c12. The quantitative estimate of drug-likeness (QED) is 0.457. The number of methoxy groups -OCH3 is 2. The maximum absolute atomic E-state index is 11.6. The molecule has 2 N–H and O–H groups in total. The van der Waals surface area contributed by atoms with Gasteiger partial charge in [-0.3, -0.25) is 10.00 Å². The van der Waals surface area contributed by atoms with Crippen LogP contribution in [0.5, 0.6) is 5.75 Å². The Bertz CT molecular complexity index is 1140. The number of nitrogens with zero attached hydrogens (tertiary/aromatic N) is 5. The standard InChI is InChI=1S/C20H22BrN7O3/c1-4-5-8-23-18-16-15(24-19(25-18)26-20(29)31-3)17(21)27-28(16)11-13-9-12(10-22)6-7-14(13)30-2/h6-7,9H,4-5,8,11H2,1-3H3,(H2,23,24,25,26,29). The first-order valence-corrected chi connectivity index (χ1v) is 10.4. The molecular weight excluding hydrogens is 466 g/mol. The smallest absolute Gasteiger partial charge is 0.413 e. The zero-order valence-electron chi connectivity index (χ0n) is 17.4. The molecule has 1 aromatic carbocycles. The summed E-state index contributed by atoms with van der Waals surface area (Å²) in [6.07, 6.45) is 1.29. The van der Waals surface area contributed by atoms with Crippen LogP contribution in [0.15, 0.2) is 22.8 Å². The lowest BCUT2D eigenvalue weighted by Gasteiger charge is -2.13. The van der Waals surface area contributed by atoms with Gasteiger partial charge in [0, 0.05) is 12.1 Å². The van der Waals surface area contributed by atoms with Gasteiger partial charge in [0.05, 0.1) is 32.4 Å². The van der Waals surface area contributed by atoms with E-state index in [4.69, 9.17) is 4.74 Å². The molecule has 3 aromatic rings. The summed E-state index contributed by atoms with van der Waals surface area (Å²) in [5.41, 5.74) is 2.49. The van der Waals surface area contributed by atoms with Gasteiger partial charge in [-0.15, -0.1) is 0 Å². The fourth-order valence-electron chi connectivity index (χ4n) is 3.00. The molecule has 0 aliphatic carbocycles. The van der Waals surface area contributed by atoms with Gasteiger partial charge in [0.1, 0.15) is 16.8 Å². The van der Waals surface area contributed by atoms with Crippen LogP contribution in [0.25, 0.3) is 11.0 Å².